The molecule has 2 aromatic carbocycles. The van der Waals surface area contributed by atoms with Crippen molar-refractivity contribution in [3.05, 3.63) is 72.1 Å². The molecule has 1 heterocycles. The van der Waals surface area contributed by atoms with Crippen molar-refractivity contribution in [1.29, 1.82) is 0 Å². The Balaban J connectivity index is 1.75. The van der Waals surface area contributed by atoms with Crippen molar-refractivity contribution in [3.8, 4) is 5.69 Å². The Bertz CT molecular complexity index is 996. The molecule has 8 heteroatoms. The molecule has 3 aromatic rings. The molecule has 0 saturated carbocycles. The van der Waals surface area contributed by atoms with E-state index in [2.05, 4.69) is 10.3 Å². The molecule has 7 nitrogen and oxygen atoms in total. The first kappa shape index (κ1) is 17.8. The first-order valence-electron chi connectivity index (χ1n) is 8.13. The number of para-hydroxylation sites is 1. The summed E-state index contributed by atoms with van der Waals surface area (Å²) in [6, 6.07) is 15.6. The minimum atomic E-state index is -3.97. The van der Waals surface area contributed by atoms with E-state index >= 15 is 0 Å². The van der Waals surface area contributed by atoms with Crippen LogP contribution in [0.2, 0.25) is 0 Å². The molecule has 1 N–H and O–H groups in total. The van der Waals surface area contributed by atoms with Gasteiger partial charge in [-0.2, -0.15) is 0 Å². The van der Waals surface area contributed by atoms with E-state index in [4.69, 9.17) is 0 Å². The number of nitrogens with zero attached hydrogens (tertiary/aromatic N) is 3. The van der Waals surface area contributed by atoms with Gasteiger partial charge in [0.05, 0.1) is 16.8 Å². The maximum absolute atomic E-state index is 12.4. The normalized spacial score (nSPS) is 11.3. The van der Waals surface area contributed by atoms with Gasteiger partial charge in [0.15, 0.2) is 5.69 Å². The SMILES string of the molecule is CCCc1ccc(S(=O)(=O)NC(=O)c2cn(-c3ccccc3)nn2)cc1. The number of benzene rings is 2. The van der Waals surface area contributed by atoms with Crippen LogP contribution in [0, 0.1) is 0 Å². The predicted molar refractivity (Wildman–Crippen MR) is 96.4 cm³/mol. The second-order valence-corrected chi connectivity index (χ2v) is 7.39. The van der Waals surface area contributed by atoms with E-state index in [1.54, 1.807) is 24.3 Å². The zero-order valence-corrected chi connectivity index (χ0v) is 15.0. The Morgan fingerprint density at radius 2 is 1.77 bits per heavy atom. The second kappa shape index (κ2) is 7.49. The van der Waals surface area contributed by atoms with Crippen LogP contribution in [0.5, 0.6) is 0 Å². The Kier molecular flexibility index (Phi) is 5.13. The van der Waals surface area contributed by atoms with Crippen LogP contribution in [0.15, 0.2) is 65.7 Å². The van der Waals surface area contributed by atoms with Crippen molar-refractivity contribution in [1.82, 2.24) is 19.7 Å². The molecule has 3 rings (SSSR count). The van der Waals surface area contributed by atoms with Crippen molar-refractivity contribution in [2.75, 3.05) is 0 Å². The van der Waals surface area contributed by atoms with E-state index in [0.717, 1.165) is 18.4 Å². The topological polar surface area (TPSA) is 94.0 Å². The highest BCUT2D eigenvalue weighted by molar-refractivity contribution is 7.90. The lowest BCUT2D eigenvalue weighted by Crippen LogP contribution is -2.30. The van der Waals surface area contributed by atoms with Crippen LogP contribution in [0.3, 0.4) is 0 Å². The van der Waals surface area contributed by atoms with E-state index in [1.807, 2.05) is 29.8 Å². The lowest BCUT2D eigenvalue weighted by atomic mass is 10.1. The lowest BCUT2D eigenvalue weighted by molar-refractivity contribution is 0.0976. The molecule has 0 saturated heterocycles. The lowest BCUT2D eigenvalue weighted by Gasteiger charge is -2.06. The van der Waals surface area contributed by atoms with Crippen LogP contribution in [0.1, 0.15) is 29.4 Å². The molecule has 0 spiro atoms. The summed E-state index contributed by atoms with van der Waals surface area (Å²) in [6.45, 7) is 2.05. The van der Waals surface area contributed by atoms with E-state index in [1.165, 1.54) is 23.0 Å². The Labute approximate surface area is 151 Å². The third-order valence-electron chi connectivity index (χ3n) is 3.75. The van der Waals surface area contributed by atoms with E-state index in [0.29, 0.717) is 5.69 Å². The van der Waals surface area contributed by atoms with Gasteiger partial charge < -0.3 is 0 Å². The largest absolute Gasteiger partial charge is 0.287 e. The maximum atomic E-state index is 12.4. The zero-order chi connectivity index (χ0) is 18.6. The third kappa shape index (κ3) is 3.97. The molecule has 1 amide bonds. The summed E-state index contributed by atoms with van der Waals surface area (Å²) in [5.41, 5.74) is 1.68. The van der Waals surface area contributed by atoms with Gasteiger partial charge in [0, 0.05) is 0 Å². The molecule has 1 aromatic heterocycles. The number of hydrogen-bond donors (Lipinski definition) is 1. The van der Waals surface area contributed by atoms with Gasteiger partial charge in [-0.3, -0.25) is 4.79 Å². The van der Waals surface area contributed by atoms with Crippen LogP contribution in [0.4, 0.5) is 0 Å². The van der Waals surface area contributed by atoms with Crippen LogP contribution in [-0.2, 0) is 16.4 Å². The fourth-order valence-corrected chi connectivity index (χ4v) is 3.39. The average Bonchev–Trinajstić information content (AvgIpc) is 3.13. The summed E-state index contributed by atoms with van der Waals surface area (Å²) in [4.78, 5) is 12.3. The van der Waals surface area contributed by atoms with Crippen molar-refractivity contribution in [2.24, 2.45) is 0 Å². The first-order valence-corrected chi connectivity index (χ1v) is 9.62. The number of rotatable bonds is 6. The monoisotopic (exact) mass is 370 g/mol. The second-order valence-electron chi connectivity index (χ2n) is 5.71. The summed E-state index contributed by atoms with van der Waals surface area (Å²) in [6.07, 6.45) is 3.22. The number of aryl methyl sites for hydroxylation is 1. The summed E-state index contributed by atoms with van der Waals surface area (Å²) in [5, 5.41) is 7.60. The Morgan fingerprint density at radius 1 is 1.08 bits per heavy atom. The smallest absolute Gasteiger partial charge is 0.266 e. The number of nitrogens with one attached hydrogen (secondary N) is 1. The summed E-state index contributed by atoms with van der Waals surface area (Å²) >= 11 is 0. The number of carbonyl (C=O) groups excluding carboxylic acids is 1. The highest BCUT2D eigenvalue weighted by Gasteiger charge is 2.21. The molecule has 0 fully saturated rings. The minimum Gasteiger partial charge on any atom is -0.266 e. The number of aromatic nitrogens is 3. The Hall–Kier alpha value is -3.00. The number of carbonyl (C=O) groups is 1. The highest BCUT2D eigenvalue weighted by Crippen LogP contribution is 2.13. The van der Waals surface area contributed by atoms with Gasteiger partial charge in [-0.05, 0) is 36.2 Å². The molecule has 134 valence electrons. The van der Waals surface area contributed by atoms with Crippen molar-refractivity contribution >= 4 is 15.9 Å². The predicted octanol–water partition coefficient (Wildman–Crippen LogP) is 2.34. The number of amides is 1. The van der Waals surface area contributed by atoms with Crippen molar-refractivity contribution < 1.29 is 13.2 Å². The number of hydrogen-bond acceptors (Lipinski definition) is 5. The van der Waals surface area contributed by atoms with Gasteiger partial charge in [0.2, 0.25) is 0 Å². The van der Waals surface area contributed by atoms with Gasteiger partial charge in [-0.25, -0.2) is 17.8 Å². The molecule has 0 atom stereocenters. The van der Waals surface area contributed by atoms with E-state index in [9.17, 15) is 13.2 Å². The van der Waals surface area contributed by atoms with Gasteiger partial charge >= 0.3 is 0 Å². The van der Waals surface area contributed by atoms with Crippen LogP contribution in [-0.4, -0.2) is 29.3 Å². The van der Waals surface area contributed by atoms with Crippen LogP contribution >= 0.6 is 0 Å². The third-order valence-corrected chi connectivity index (χ3v) is 5.09. The quantitative estimate of drug-likeness (QED) is 0.719. The van der Waals surface area contributed by atoms with Crippen molar-refractivity contribution in [2.45, 2.75) is 24.7 Å². The fraction of sp³-hybridized carbons (Fsp3) is 0.167. The van der Waals surface area contributed by atoms with Gasteiger partial charge in [0.25, 0.3) is 15.9 Å². The maximum Gasteiger partial charge on any atom is 0.287 e. The summed E-state index contributed by atoms with van der Waals surface area (Å²) in [5.74, 6) is -0.829. The van der Waals surface area contributed by atoms with Crippen LogP contribution in [0.25, 0.3) is 5.69 Å². The Morgan fingerprint density at radius 3 is 2.42 bits per heavy atom. The van der Waals surface area contributed by atoms with Gasteiger partial charge in [-0.1, -0.05) is 48.9 Å². The molecule has 0 aliphatic carbocycles. The summed E-state index contributed by atoms with van der Waals surface area (Å²) < 4.78 is 28.2. The number of sulfonamides is 1. The van der Waals surface area contributed by atoms with Crippen molar-refractivity contribution in [3.63, 3.8) is 0 Å². The zero-order valence-electron chi connectivity index (χ0n) is 14.2. The van der Waals surface area contributed by atoms with E-state index < -0.39 is 15.9 Å². The van der Waals surface area contributed by atoms with Gasteiger partial charge in [-0.15, -0.1) is 5.10 Å². The van der Waals surface area contributed by atoms with Gasteiger partial charge in [0.1, 0.15) is 0 Å². The van der Waals surface area contributed by atoms with Crippen LogP contribution < -0.4 is 4.72 Å². The molecule has 0 aliphatic heterocycles. The molecular formula is C18H18N4O3S. The molecule has 0 unspecified atom stereocenters. The molecule has 26 heavy (non-hydrogen) atoms. The highest BCUT2D eigenvalue weighted by atomic mass is 32.2. The molecule has 0 bridgehead atoms. The van der Waals surface area contributed by atoms with E-state index in [-0.39, 0.29) is 10.6 Å². The minimum absolute atomic E-state index is 0.0288. The molecular weight excluding hydrogens is 352 g/mol. The first-order chi connectivity index (χ1) is 12.5. The fourth-order valence-electron chi connectivity index (χ4n) is 2.43. The molecule has 0 radical (unpaired) electrons. The summed E-state index contributed by atoms with van der Waals surface area (Å²) in [7, 11) is -3.97. The molecule has 0 aliphatic rings. The average molecular weight is 370 g/mol. The standard InChI is InChI=1S/C18H18N4O3S/c1-2-6-14-9-11-16(12-10-14)26(24,25)20-18(23)17-13-22(21-19-17)15-7-4-3-5-8-15/h3-5,7-13H,2,6H2,1H3,(H,20,23).